The van der Waals surface area contributed by atoms with E-state index in [1.807, 2.05) is 26.0 Å². The zero-order chi connectivity index (χ0) is 17.8. The van der Waals surface area contributed by atoms with Crippen molar-refractivity contribution in [3.63, 3.8) is 0 Å². The maximum atomic E-state index is 12.4. The number of fused-ring (bicyclic) bond motifs is 1. The van der Waals surface area contributed by atoms with Gasteiger partial charge in [-0.2, -0.15) is 0 Å². The SMILES string of the molecule is CC.COc1ccc(-c2sc(N3CCCC3)c3c(=O)[nH]cnc23)cn1. The number of nitrogens with zero attached hydrogens (tertiary/aromatic N) is 3. The van der Waals surface area contributed by atoms with Crippen molar-refractivity contribution < 1.29 is 4.74 Å². The second kappa shape index (κ2) is 7.65. The minimum absolute atomic E-state index is 0.0825. The van der Waals surface area contributed by atoms with Crippen LogP contribution in [0, 0.1) is 0 Å². The van der Waals surface area contributed by atoms with Crippen molar-refractivity contribution in [2.75, 3.05) is 25.1 Å². The van der Waals surface area contributed by atoms with Crippen LogP contribution in [0.15, 0.2) is 29.5 Å². The molecule has 0 bridgehead atoms. The van der Waals surface area contributed by atoms with Crippen LogP contribution in [0.4, 0.5) is 5.00 Å². The molecule has 0 aromatic carbocycles. The van der Waals surface area contributed by atoms with Crippen molar-refractivity contribution >= 4 is 27.2 Å². The van der Waals surface area contributed by atoms with Crippen LogP contribution in [0.2, 0.25) is 0 Å². The fourth-order valence-electron chi connectivity index (χ4n) is 2.94. The Morgan fingerprint density at radius 1 is 1.20 bits per heavy atom. The average Bonchev–Trinajstić information content (AvgIpc) is 3.32. The highest BCUT2D eigenvalue weighted by Gasteiger charge is 2.23. The van der Waals surface area contributed by atoms with E-state index in [-0.39, 0.29) is 5.56 Å². The van der Waals surface area contributed by atoms with Gasteiger partial charge in [-0.05, 0) is 18.9 Å². The minimum Gasteiger partial charge on any atom is -0.481 e. The van der Waals surface area contributed by atoms with Gasteiger partial charge in [0.15, 0.2) is 0 Å². The second-order valence-corrected chi connectivity index (χ2v) is 6.47. The standard InChI is InChI=1S/C16H16N4O2S.C2H6/c1-22-11-5-4-10(8-17-11)14-13-12(15(21)19-9-18-13)16(23-14)20-6-2-3-7-20;1-2/h4-5,8-9H,2-3,6-7H2,1H3,(H,18,19,21);1-2H3. The van der Waals surface area contributed by atoms with Crippen LogP contribution < -0.4 is 15.2 Å². The number of thiophene rings is 1. The van der Waals surface area contributed by atoms with Gasteiger partial charge in [0, 0.05) is 30.9 Å². The van der Waals surface area contributed by atoms with E-state index in [4.69, 9.17) is 4.74 Å². The Labute approximate surface area is 150 Å². The summed E-state index contributed by atoms with van der Waals surface area (Å²) in [5.41, 5.74) is 1.61. The van der Waals surface area contributed by atoms with Crippen LogP contribution >= 0.6 is 11.3 Å². The summed E-state index contributed by atoms with van der Waals surface area (Å²) in [5, 5.41) is 1.70. The molecule has 1 aliphatic heterocycles. The normalized spacial score (nSPS) is 13.6. The highest BCUT2D eigenvalue weighted by Crippen LogP contribution is 2.42. The molecule has 1 saturated heterocycles. The molecule has 0 radical (unpaired) electrons. The van der Waals surface area contributed by atoms with E-state index in [0.717, 1.165) is 46.9 Å². The molecule has 0 saturated carbocycles. The van der Waals surface area contributed by atoms with Crippen LogP contribution in [0.3, 0.4) is 0 Å². The molecule has 3 aromatic heterocycles. The van der Waals surface area contributed by atoms with E-state index in [1.54, 1.807) is 24.6 Å². The Kier molecular flexibility index (Phi) is 5.33. The number of hydrogen-bond acceptors (Lipinski definition) is 6. The largest absolute Gasteiger partial charge is 0.481 e. The van der Waals surface area contributed by atoms with Gasteiger partial charge in [-0.25, -0.2) is 9.97 Å². The molecule has 132 valence electrons. The van der Waals surface area contributed by atoms with E-state index in [0.29, 0.717) is 11.3 Å². The lowest BCUT2D eigenvalue weighted by Gasteiger charge is -2.14. The molecular weight excluding hydrogens is 336 g/mol. The van der Waals surface area contributed by atoms with E-state index in [9.17, 15) is 4.79 Å². The maximum Gasteiger partial charge on any atom is 0.261 e. The summed E-state index contributed by atoms with van der Waals surface area (Å²) < 4.78 is 5.11. The summed E-state index contributed by atoms with van der Waals surface area (Å²) in [5.74, 6) is 0.570. The Morgan fingerprint density at radius 2 is 1.96 bits per heavy atom. The Bertz CT molecular complexity index is 896. The molecule has 0 spiro atoms. The molecular formula is C18H22N4O2S. The molecule has 1 fully saturated rings. The molecule has 4 rings (SSSR count). The number of nitrogens with one attached hydrogen (secondary N) is 1. The second-order valence-electron chi connectivity index (χ2n) is 5.47. The van der Waals surface area contributed by atoms with Gasteiger partial charge in [0.05, 0.1) is 23.8 Å². The first-order valence-corrected chi connectivity index (χ1v) is 9.35. The van der Waals surface area contributed by atoms with Crippen molar-refractivity contribution in [3.8, 4) is 16.3 Å². The predicted octanol–water partition coefficient (Wildman–Crippen LogP) is 3.68. The number of pyridine rings is 1. The fourth-order valence-corrected chi connectivity index (χ4v) is 4.23. The van der Waals surface area contributed by atoms with Gasteiger partial charge in [0.1, 0.15) is 10.4 Å². The topological polar surface area (TPSA) is 71.1 Å². The first-order chi connectivity index (χ1) is 12.3. The third-order valence-electron chi connectivity index (χ3n) is 4.08. The molecule has 1 N–H and O–H groups in total. The van der Waals surface area contributed by atoms with Gasteiger partial charge in [0.2, 0.25) is 5.88 Å². The van der Waals surface area contributed by atoms with E-state index in [2.05, 4.69) is 19.9 Å². The third kappa shape index (κ3) is 3.24. The monoisotopic (exact) mass is 358 g/mol. The Morgan fingerprint density at radius 3 is 2.60 bits per heavy atom. The quantitative estimate of drug-likeness (QED) is 0.773. The number of aromatic nitrogens is 3. The zero-order valence-corrected chi connectivity index (χ0v) is 15.5. The van der Waals surface area contributed by atoms with Crippen LogP contribution in [0.5, 0.6) is 5.88 Å². The maximum absolute atomic E-state index is 12.4. The van der Waals surface area contributed by atoms with Gasteiger partial charge in [-0.15, -0.1) is 11.3 Å². The molecule has 7 heteroatoms. The van der Waals surface area contributed by atoms with Gasteiger partial charge in [-0.3, -0.25) is 4.79 Å². The summed E-state index contributed by atoms with van der Waals surface area (Å²) in [6.45, 7) is 5.98. The number of aromatic amines is 1. The number of anilines is 1. The number of hydrogen-bond donors (Lipinski definition) is 1. The van der Waals surface area contributed by atoms with Gasteiger partial charge < -0.3 is 14.6 Å². The van der Waals surface area contributed by atoms with Crippen LogP contribution in [-0.2, 0) is 0 Å². The smallest absolute Gasteiger partial charge is 0.261 e. The molecule has 0 amide bonds. The highest BCUT2D eigenvalue weighted by molar-refractivity contribution is 7.21. The summed E-state index contributed by atoms with van der Waals surface area (Å²) in [4.78, 5) is 27.0. The van der Waals surface area contributed by atoms with E-state index < -0.39 is 0 Å². The lowest BCUT2D eigenvalue weighted by molar-refractivity contribution is 0.398. The van der Waals surface area contributed by atoms with Gasteiger partial charge >= 0.3 is 0 Å². The summed E-state index contributed by atoms with van der Waals surface area (Å²) >= 11 is 1.61. The lowest BCUT2D eigenvalue weighted by Crippen LogP contribution is -2.18. The average molecular weight is 358 g/mol. The first-order valence-electron chi connectivity index (χ1n) is 8.53. The molecule has 4 heterocycles. The fraction of sp³-hybridized carbons (Fsp3) is 0.389. The molecule has 0 atom stereocenters. The lowest BCUT2D eigenvalue weighted by atomic mass is 10.2. The summed E-state index contributed by atoms with van der Waals surface area (Å²) in [7, 11) is 1.59. The van der Waals surface area contributed by atoms with Crippen molar-refractivity contribution in [2.45, 2.75) is 26.7 Å². The van der Waals surface area contributed by atoms with Crippen LogP contribution in [0.1, 0.15) is 26.7 Å². The predicted molar refractivity (Wildman–Crippen MR) is 103 cm³/mol. The first kappa shape index (κ1) is 17.4. The number of ether oxygens (including phenoxy) is 1. The number of methoxy groups -OCH3 is 1. The van der Waals surface area contributed by atoms with E-state index in [1.165, 1.54) is 6.33 Å². The van der Waals surface area contributed by atoms with E-state index >= 15 is 0 Å². The van der Waals surface area contributed by atoms with Crippen LogP contribution in [0.25, 0.3) is 21.3 Å². The van der Waals surface area contributed by atoms with Gasteiger partial charge in [-0.1, -0.05) is 13.8 Å². The Balaban J connectivity index is 0.000000880. The number of H-pyrrole nitrogens is 1. The van der Waals surface area contributed by atoms with Crippen molar-refractivity contribution in [1.29, 1.82) is 0 Å². The number of rotatable bonds is 3. The van der Waals surface area contributed by atoms with Crippen LogP contribution in [-0.4, -0.2) is 35.2 Å². The minimum atomic E-state index is -0.0825. The summed E-state index contributed by atoms with van der Waals surface area (Å²) in [6.07, 6.45) is 5.56. The Hall–Kier alpha value is -2.41. The van der Waals surface area contributed by atoms with Crippen molar-refractivity contribution in [2.24, 2.45) is 0 Å². The highest BCUT2D eigenvalue weighted by atomic mass is 32.1. The molecule has 3 aromatic rings. The molecule has 1 aliphatic rings. The third-order valence-corrected chi connectivity index (χ3v) is 5.37. The summed E-state index contributed by atoms with van der Waals surface area (Å²) in [6, 6.07) is 3.78. The van der Waals surface area contributed by atoms with Crippen molar-refractivity contribution in [3.05, 3.63) is 35.0 Å². The van der Waals surface area contributed by atoms with Gasteiger partial charge in [0.25, 0.3) is 5.56 Å². The molecule has 6 nitrogen and oxygen atoms in total. The molecule has 25 heavy (non-hydrogen) atoms. The van der Waals surface area contributed by atoms with Crippen molar-refractivity contribution in [1.82, 2.24) is 15.0 Å². The zero-order valence-electron chi connectivity index (χ0n) is 14.7. The molecule has 0 unspecified atom stereocenters. The molecule has 0 aliphatic carbocycles.